The van der Waals surface area contributed by atoms with Crippen LogP contribution in [-0.2, 0) is 28.5 Å². The van der Waals surface area contributed by atoms with Gasteiger partial charge in [0.15, 0.2) is 5.79 Å². The number of hydrogen-bond acceptors (Lipinski definition) is 9. The number of hydrogen-bond donors (Lipinski definition) is 1. The third-order valence-electron chi connectivity index (χ3n) is 12.0. The van der Waals surface area contributed by atoms with E-state index in [-0.39, 0.29) is 24.6 Å². The zero-order chi connectivity index (χ0) is 41.9. The van der Waals surface area contributed by atoms with Gasteiger partial charge in [-0.05, 0) is 81.6 Å². The lowest BCUT2D eigenvalue weighted by Gasteiger charge is -2.34. The summed E-state index contributed by atoms with van der Waals surface area (Å²) in [7, 11) is 0. The summed E-state index contributed by atoms with van der Waals surface area (Å²) in [4.78, 5) is 29.5. The van der Waals surface area contributed by atoms with Crippen molar-refractivity contribution >= 4 is 11.9 Å². The monoisotopic (exact) mass is 815 g/mol. The molecule has 0 spiro atoms. The predicted molar refractivity (Wildman–Crippen MR) is 236 cm³/mol. The molecule has 0 aromatic rings. The van der Waals surface area contributed by atoms with Crippen LogP contribution in [0.1, 0.15) is 181 Å². The van der Waals surface area contributed by atoms with Crippen LogP contribution in [0.2, 0.25) is 0 Å². The number of rotatable bonds is 36. The first-order chi connectivity index (χ1) is 28.3. The van der Waals surface area contributed by atoms with E-state index in [9.17, 15) is 14.7 Å². The summed E-state index contributed by atoms with van der Waals surface area (Å²) in [6, 6.07) is 0. The number of carbonyl (C=O) groups excluding carboxylic acids is 2. The van der Waals surface area contributed by atoms with E-state index in [2.05, 4.69) is 54.3 Å². The molecule has 2 aliphatic rings. The number of aliphatic hydroxyl groups excluding tert-OH is 1. The van der Waals surface area contributed by atoms with E-state index in [0.717, 1.165) is 148 Å². The maximum atomic E-state index is 12.4. The van der Waals surface area contributed by atoms with Gasteiger partial charge in [0.1, 0.15) is 0 Å². The SMILES string of the molecule is C=C=C=C=CC(CCCCC)CCOC(=O)CCCCCCCC1(CCCCCCCC(=O)OCCC(C)CCCCC)OCC(CCN2CCN(CCO)CC2)O1. The number of unbranched alkanes of at least 4 members (excludes halogenated alkanes) is 12. The second-order valence-corrected chi connectivity index (χ2v) is 17.2. The van der Waals surface area contributed by atoms with Crippen molar-refractivity contribution in [3.05, 3.63) is 29.8 Å². The van der Waals surface area contributed by atoms with Gasteiger partial charge in [-0.1, -0.05) is 116 Å². The molecule has 2 saturated heterocycles. The average Bonchev–Trinajstić information content (AvgIpc) is 3.62. The Kier molecular flexibility index (Phi) is 30.9. The molecule has 4 atom stereocenters. The van der Waals surface area contributed by atoms with Crippen molar-refractivity contribution in [2.75, 3.05) is 65.7 Å². The van der Waals surface area contributed by atoms with Crippen molar-refractivity contribution in [3.8, 4) is 0 Å². The highest BCUT2D eigenvalue weighted by molar-refractivity contribution is 5.69. The molecule has 334 valence electrons. The zero-order valence-electron chi connectivity index (χ0n) is 37.6. The molecule has 2 fully saturated rings. The largest absolute Gasteiger partial charge is 0.466 e. The van der Waals surface area contributed by atoms with Crippen LogP contribution >= 0.6 is 0 Å². The van der Waals surface area contributed by atoms with Crippen molar-refractivity contribution < 1.29 is 33.6 Å². The Hall–Kier alpha value is -2.18. The molecule has 2 heterocycles. The van der Waals surface area contributed by atoms with E-state index in [1.54, 1.807) is 0 Å². The van der Waals surface area contributed by atoms with Gasteiger partial charge in [0.25, 0.3) is 0 Å². The van der Waals surface area contributed by atoms with E-state index in [1.807, 2.05) is 6.08 Å². The van der Waals surface area contributed by atoms with Crippen LogP contribution in [-0.4, -0.2) is 104 Å². The van der Waals surface area contributed by atoms with Crippen LogP contribution in [0.4, 0.5) is 0 Å². The maximum absolute atomic E-state index is 12.4. The molecule has 9 nitrogen and oxygen atoms in total. The molecule has 1 N–H and O–H groups in total. The lowest BCUT2D eigenvalue weighted by Crippen LogP contribution is -2.47. The standard InChI is InChI=1S/C49H86N2O7/c1-5-8-17-24-44(4)30-41-55-47(53)27-20-13-11-15-22-32-49(57-43-46(58-49)29-34-50-35-37-51(38-36-50)39-40-52)33-23-16-12-14-21-28-48(54)56-42-31-45(25-18-9-6-2)26-19-10-7-3/h25,44-46,52H,2,5,7-8,10-17,19-24,26-43H2,1,3-4H3. The summed E-state index contributed by atoms with van der Waals surface area (Å²) < 4.78 is 24.4. The molecule has 4 unspecified atom stereocenters. The number of allylic oxidation sites excluding steroid dienone is 1. The Labute approximate surface area is 355 Å². The molecule has 0 aromatic heterocycles. The first-order valence-corrected chi connectivity index (χ1v) is 23.9. The molecule has 0 amide bonds. The first-order valence-electron chi connectivity index (χ1n) is 23.9. The van der Waals surface area contributed by atoms with Gasteiger partial charge in [-0.2, -0.15) is 0 Å². The van der Waals surface area contributed by atoms with Crippen molar-refractivity contribution in [1.82, 2.24) is 9.80 Å². The van der Waals surface area contributed by atoms with Gasteiger partial charge in [-0.15, -0.1) is 0 Å². The molecule has 9 heteroatoms. The molecule has 0 aromatic carbocycles. The first kappa shape index (κ1) is 52.0. The van der Waals surface area contributed by atoms with E-state index in [1.165, 1.54) is 38.5 Å². The van der Waals surface area contributed by atoms with Crippen molar-refractivity contribution in [2.45, 2.75) is 193 Å². The number of carbonyl (C=O) groups is 2. The van der Waals surface area contributed by atoms with Crippen LogP contribution < -0.4 is 0 Å². The Morgan fingerprint density at radius 3 is 1.90 bits per heavy atom. The van der Waals surface area contributed by atoms with Gasteiger partial charge in [0.05, 0.1) is 32.5 Å². The van der Waals surface area contributed by atoms with Crippen molar-refractivity contribution in [2.24, 2.45) is 11.8 Å². The smallest absolute Gasteiger partial charge is 0.305 e. The Morgan fingerprint density at radius 1 is 0.759 bits per heavy atom. The highest BCUT2D eigenvalue weighted by Gasteiger charge is 2.40. The van der Waals surface area contributed by atoms with Gasteiger partial charge in [-0.3, -0.25) is 14.5 Å². The van der Waals surface area contributed by atoms with Crippen molar-refractivity contribution in [1.29, 1.82) is 0 Å². The molecular formula is C49H86N2O7. The summed E-state index contributed by atoms with van der Waals surface area (Å²) in [6.07, 6.45) is 27.6. The minimum atomic E-state index is -0.507. The lowest BCUT2D eigenvalue weighted by atomic mass is 9.98. The van der Waals surface area contributed by atoms with Gasteiger partial charge < -0.3 is 29.0 Å². The second-order valence-electron chi connectivity index (χ2n) is 17.2. The number of esters is 2. The zero-order valence-corrected chi connectivity index (χ0v) is 37.6. The quantitative estimate of drug-likeness (QED) is 0.0377. The van der Waals surface area contributed by atoms with Gasteiger partial charge in [-0.25, -0.2) is 0 Å². The number of ether oxygens (including phenoxy) is 4. The van der Waals surface area contributed by atoms with Crippen LogP contribution in [0, 0.1) is 11.8 Å². The average molecular weight is 815 g/mol. The molecule has 0 bridgehead atoms. The van der Waals surface area contributed by atoms with E-state index >= 15 is 0 Å². The number of nitrogens with zero attached hydrogens (tertiary/aromatic N) is 2. The number of β-amino-alcohol motifs (C(OH)–C–C–N with tert-alkyl or cyclic N) is 1. The number of aliphatic hydroxyl groups is 1. The summed E-state index contributed by atoms with van der Waals surface area (Å²) in [5.74, 6) is 0.297. The van der Waals surface area contributed by atoms with Crippen LogP contribution in [0.25, 0.3) is 0 Å². The number of piperazine rings is 1. The Morgan fingerprint density at radius 2 is 1.31 bits per heavy atom. The van der Waals surface area contributed by atoms with Crippen molar-refractivity contribution in [3.63, 3.8) is 0 Å². The summed E-state index contributed by atoms with van der Waals surface area (Å²) in [6.45, 7) is 18.0. The summed E-state index contributed by atoms with van der Waals surface area (Å²) in [5, 5.41) is 9.28. The minimum absolute atomic E-state index is 0.0493. The normalized spacial score (nSPS) is 19.6. The second kappa shape index (κ2) is 34.5. The van der Waals surface area contributed by atoms with Gasteiger partial charge in [0, 0.05) is 65.0 Å². The molecule has 0 aliphatic carbocycles. The highest BCUT2D eigenvalue weighted by Crippen LogP contribution is 2.36. The fourth-order valence-electron chi connectivity index (χ4n) is 8.15. The maximum Gasteiger partial charge on any atom is 0.305 e. The summed E-state index contributed by atoms with van der Waals surface area (Å²) in [5.41, 5.74) is 8.40. The molecule has 2 rings (SSSR count). The molecule has 58 heavy (non-hydrogen) atoms. The fraction of sp³-hybridized carbons (Fsp3) is 0.857. The van der Waals surface area contributed by atoms with Crippen LogP contribution in [0.5, 0.6) is 0 Å². The molecule has 0 saturated carbocycles. The third-order valence-corrected chi connectivity index (χ3v) is 12.0. The Balaban J connectivity index is 1.69. The van der Waals surface area contributed by atoms with Crippen LogP contribution in [0.3, 0.4) is 0 Å². The van der Waals surface area contributed by atoms with E-state index < -0.39 is 5.79 Å². The third kappa shape index (κ3) is 26.1. The van der Waals surface area contributed by atoms with Crippen LogP contribution in [0.15, 0.2) is 29.8 Å². The predicted octanol–water partition coefficient (Wildman–Crippen LogP) is 10.5. The minimum Gasteiger partial charge on any atom is -0.466 e. The highest BCUT2D eigenvalue weighted by atomic mass is 16.7. The molecular weight excluding hydrogens is 729 g/mol. The van der Waals surface area contributed by atoms with E-state index in [0.29, 0.717) is 44.5 Å². The van der Waals surface area contributed by atoms with Gasteiger partial charge in [0.2, 0.25) is 0 Å². The lowest BCUT2D eigenvalue weighted by molar-refractivity contribution is -0.180. The fourth-order valence-corrected chi connectivity index (χ4v) is 8.15. The Bertz CT molecular complexity index is 1170. The molecule has 0 radical (unpaired) electrons. The van der Waals surface area contributed by atoms with E-state index in [4.69, 9.17) is 18.9 Å². The topological polar surface area (TPSA) is 97.8 Å². The molecule has 2 aliphatic heterocycles. The van der Waals surface area contributed by atoms with Gasteiger partial charge >= 0.3 is 11.9 Å². The summed E-state index contributed by atoms with van der Waals surface area (Å²) >= 11 is 0.